The number of amides is 1. The molecule has 1 saturated carbocycles. The van der Waals surface area contributed by atoms with Crippen LogP contribution in [0.3, 0.4) is 0 Å². The number of esters is 2. The number of methoxy groups -OCH3 is 1. The van der Waals surface area contributed by atoms with Crippen molar-refractivity contribution in [1.29, 1.82) is 0 Å². The number of aliphatic hydroxyl groups excluding tert-OH is 1. The van der Waals surface area contributed by atoms with Crippen LogP contribution in [0.1, 0.15) is 57.1 Å². The summed E-state index contributed by atoms with van der Waals surface area (Å²) in [6.45, 7) is 2.48. The molecule has 12 heteroatoms. The molecule has 4 N–H and O–H groups in total. The Morgan fingerprint density at radius 1 is 1.23 bits per heavy atom. The van der Waals surface area contributed by atoms with E-state index in [-0.39, 0.29) is 18.1 Å². The number of aliphatic hydroxyl groups is 2. The van der Waals surface area contributed by atoms with E-state index in [9.17, 15) is 29.4 Å². The summed E-state index contributed by atoms with van der Waals surface area (Å²) >= 11 is 0. The van der Waals surface area contributed by atoms with Gasteiger partial charge >= 0.3 is 17.9 Å². The molecule has 1 aromatic rings. The summed E-state index contributed by atoms with van der Waals surface area (Å²) in [6, 6.07) is 2.63. The molecule has 1 heterocycles. The zero-order valence-electron chi connectivity index (χ0n) is 22.5. The van der Waals surface area contributed by atoms with Crippen LogP contribution in [0, 0.1) is 5.92 Å². The van der Waals surface area contributed by atoms with Gasteiger partial charge in [-0.2, -0.15) is 0 Å². The zero-order valence-corrected chi connectivity index (χ0v) is 22.5. The molecule has 5 rings (SSSR count). The summed E-state index contributed by atoms with van der Waals surface area (Å²) in [5.41, 5.74) is -0.00456. The highest BCUT2D eigenvalue weighted by Crippen LogP contribution is 2.67. The van der Waals surface area contributed by atoms with Crippen LogP contribution in [0.15, 0.2) is 24.0 Å². The summed E-state index contributed by atoms with van der Waals surface area (Å²) in [5, 5.41) is 33.6. The molecule has 1 aromatic carbocycles. The quantitative estimate of drug-likeness (QED) is 0.316. The van der Waals surface area contributed by atoms with Crippen molar-refractivity contribution in [2.75, 3.05) is 7.11 Å². The number of ether oxygens (including phenoxy) is 4. The lowest BCUT2D eigenvalue weighted by atomic mass is 9.47. The van der Waals surface area contributed by atoms with Gasteiger partial charge in [0.15, 0.2) is 29.8 Å². The smallest absolute Gasteiger partial charge is 0.340 e. The summed E-state index contributed by atoms with van der Waals surface area (Å²) in [6.07, 6.45) is 0.00473. The molecule has 2 bridgehead atoms. The van der Waals surface area contributed by atoms with Crippen molar-refractivity contribution < 1.29 is 53.4 Å². The van der Waals surface area contributed by atoms with E-state index in [4.69, 9.17) is 24.1 Å². The number of hydrogen-bond donors (Lipinski definition) is 4. The van der Waals surface area contributed by atoms with E-state index in [1.54, 1.807) is 6.08 Å². The molecule has 3 aliphatic carbocycles. The Morgan fingerprint density at radius 3 is 2.67 bits per heavy atom. The van der Waals surface area contributed by atoms with Gasteiger partial charge in [0.1, 0.15) is 11.8 Å². The van der Waals surface area contributed by atoms with Crippen LogP contribution >= 0.6 is 0 Å². The second kappa shape index (κ2) is 10.1. The van der Waals surface area contributed by atoms with E-state index in [0.717, 1.165) is 24.0 Å². The summed E-state index contributed by atoms with van der Waals surface area (Å²) < 4.78 is 22.5. The van der Waals surface area contributed by atoms with Gasteiger partial charge in [-0.05, 0) is 63.2 Å². The fourth-order valence-electron chi connectivity index (χ4n) is 6.80. The number of aliphatic carboxylic acids is 1. The Balaban J connectivity index is 1.30. The Morgan fingerprint density at radius 2 is 1.98 bits per heavy atom. The molecule has 0 unspecified atom stereocenters. The first-order valence-electron chi connectivity index (χ1n) is 13.3. The molecule has 0 radical (unpaired) electrons. The maximum absolute atomic E-state index is 12.9. The van der Waals surface area contributed by atoms with Crippen molar-refractivity contribution in [3.05, 3.63) is 35.1 Å². The highest BCUT2D eigenvalue weighted by Gasteiger charge is 2.71. The highest BCUT2D eigenvalue weighted by atomic mass is 16.6. The lowest BCUT2D eigenvalue weighted by molar-refractivity contribution is -0.168. The van der Waals surface area contributed by atoms with E-state index >= 15 is 0 Å². The molecule has 4 aliphatic rings. The van der Waals surface area contributed by atoms with Crippen LogP contribution in [0.25, 0.3) is 0 Å². The third kappa shape index (κ3) is 4.21. The molecule has 216 valence electrons. The van der Waals surface area contributed by atoms with Gasteiger partial charge < -0.3 is 39.6 Å². The first-order valence-corrected chi connectivity index (χ1v) is 13.3. The SMILES string of the molecule is COc1ccc2c3c1O[C@@H]1C(OC(=O)[C@@H](O)CC(=O)O[C@@H](C)C(=O)N[C@@H](C)C(=O)O)=CC[C@]4(O)[C@@H](CCC[C@@]314)C2. The lowest BCUT2D eigenvalue weighted by Crippen LogP contribution is -2.67. The highest BCUT2D eigenvalue weighted by molar-refractivity contribution is 5.88. The fourth-order valence-corrected chi connectivity index (χ4v) is 6.80. The molecule has 7 atom stereocenters. The number of carbonyl (C=O) groups excluding carboxylic acids is 3. The average molecular weight is 560 g/mol. The van der Waals surface area contributed by atoms with Crippen LogP contribution in [0.2, 0.25) is 0 Å². The van der Waals surface area contributed by atoms with Crippen molar-refractivity contribution in [3.8, 4) is 11.5 Å². The van der Waals surface area contributed by atoms with Crippen molar-refractivity contribution in [2.24, 2.45) is 5.92 Å². The van der Waals surface area contributed by atoms with Crippen LogP contribution in [-0.4, -0.2) is 76.2 Å². The molecule has 1 amide bonds. The maximum Gasteiger partial charge on any atom is 0.340 e. The van der Waals surface area contributed by atoms with Crippen LogP contribution < -0.4 is 14.8 Å². The molecule has 40 heavy (non-hydrogen) atoms. The number of hydrogen-bond acceptors (Lipinski definition) is 10. The van der Waals surface area contributed by atoms with Crippen molar-refractivity contribution in [1.82, 2.24) is 5.32 Å². The average Bonchev–Trinajstić information content (AvgIpc) is 3.24. The second-order valence-electron chi connectivity index (χ2n) is 11.0. The Kier molecular flexibility index (Phi) is 7.03. The number of carbonyl (C=O) groups is 4. The van der Waals surface area contributed by atoms with Crippen molar-refractivity contribution in [2.45, 2.75) is 87.7 Å². The Labute approximate surface area is 230 Å². The Bertz CT molecular complexity index is 1290. The largest absolute Gasteiger partial charge is 0.493 e. The minimum absolute atomic E-state index is 0.00531. The third-order valence-electron chi connectivity index (χ3n) is 8.73. The molecule has 1 fully saturated rings. The zero-order chi connectivity index (χ0) is 29.0. The monoisotopic (exact) mass is 559 g/mol. The minimum atomic E-state index is -1.90. The Hall–Kier alpha value is -3.64. The first kappa shape index (κ1) is 27.9. The number of carboxylic acids is 1. The van der Waals surface area contributed by atoms with Gasteiger partial charge in [-0.1, -0.05) is 12.5 Å². The molecule has 12 nitrogen and oxygen atoms in total. The summed E-state index contributed by atoms with van der Waals surface area (Å²) in [4.78, 5) is 48.1. The van der Waals surface area contributed by atoms with Gasteiger partial charge in [-0.25, -0.2) is 4.79 Å². The van der Waals surface area contributed by atoms with E-state index < -0.39 is 65.6 Å². The number of benzene rings is 1. The van der Waals surface area contributed by atoms with Gasteiger partial charge in [0, 0.05) is 5.56 Å². The second-order valence-corrected chi connectivity index (χ2v) is 11.0. The van der Waals surface area contributed by atoms with Crippen molar-refractivity contribution >= 4 is 23.8 Å². The lowest BCUT2D eigenvalue weighted by Gasteiger charge is -2.59. The van der Waals surface area contributed by atoms with Gasteiger partial charge in [-0.3, -0.25) is 14.4 Å². The molecule has 0 saturated heterocycles. The minimum Gasteiger partial charge on any atom is -0.493 e. The topological polar surface area (TPSA) is 178 Å². The van der Waals surface area contributed by atoms with Gasteiger partial charge in [0.25, 0.3) is 5.91 Å². The van der Waals surface area contributed by atoms with Gasteiger partial charge in [-0.15, -0.1) is 0 Å². The third-order valence-corrected chi connectivity index (χ3v) is 8.73. The van der Waals surface area contributed by atoms with Gasteiger partial charge in [0.2, 0.25) is 0 Å². The predicted octanol–water partition coefficient (Wildman–Crippen LogP) is 0.884. The van der Waals surface area contributed by atoms with Gasteiger partial charge in [0.05, 0.1) is 24.5 Å². The number of carboxylic acid groups (broad SMARTS) is 1. The number of nitrogens with one attached hydrogen (secondary N) is 1. The molecule has 0 aromatic heterocycles. The first-order chi connectivity index (χ1) is 18.9. The van der Waals surface area contributed by atoms with Crippen molar-refractivity contribution in [3.63, 3.8) is 0 Å². The summed E-state index contributed by atoms with van der Waals surface area (Å²) in [7, 11) is 1.53. The van der Waals surface area contributed by atoms with E-state index in [1.165, 1.54) is 21.0 Å². The molecular weight excluding hydrogens is 526 g/mol. The number of rotatable bonds is 9. The van der Waals surface area contributed by atoms with E-state index in [1.807, 2.05) is 12.1 Å². The predicted molar refractivity (Wildman–Crippen MR) is 135 cm³/mol. The van der Waals surface area contributed by atoms with Crippen LogP contribution in [0.4, 0.5) is 0 Å². The maximum atomic E-state index is 12.9. The molecule has 1 spiro atoms. The standard InChI is InChI=1S/C28H33NO11/c1-13(25(33)34)29-24(32)14(2)38-20(31)12-17(30)26(35)39-19-8-10-28(36)16-5-4-9-27(28)21-15(11-16)6-7-18(37-3)22(21)40-23(19)27/h6-8,13-14,16-17,23,30,36H,4-5,9-12H2,1-3H3,(H,29,32)(H,33,34)/t13-,14-,16-,17-,23+,27+,28-/m0/s1. The van der Waals surface area contributed by atoms with Crippen LogP contribution in [0.5, 0.6) is 11.5 Å². The summed E-state index contributed by atoms with van der Waals surface area (Å²) in [5.74, 6) is -3.10. The van der Waals surface area contributed by atoms with Crippen LogP contribution in [-0.2, 0) is 40.5 Å². The van der Waals surface area contributed by atoms with E-state index in [2.05, 4.69) is 5.32 Å². The van der Waals surface area contributed by atoms with E-state index in [0.29, 0.717) is 24.3 Å². The molecule has 1 aliphatic heterocycles. The fraction of sp³-hybridized carbons (Fsp3) is 0.571. The normalized spacial score (nSPS) is 29.5. The molecular formula is C28H33NO11.